The van der Waals surface area contributed by atoms with E-state index in [1.54, 1.807) is 19.0 Å². The minimum atomic E-state index is -1.62. The maximum atomic E-state index is 14.3. The standard InChI is InChI=1S/C22H22F4N2O2S.C20H18ClF2NO3S.C19H18ClF2NO2S.C17H15F4NO2S/c1-28(2)22(30)12-3-6-15(7-4-12)31-19-9-13(5-8-16(19)23)21(29)27-14-10-17(24)20(26)18(25)11-14;21-15-10-13(3-6-16(15)22)24-20(27)12-2-5-17(23)18(9-12)28-14-4-1-11(7-14)8-19(25)26;20-15-10-12(2-8-16(15)21)23-19(25)11-1-7-17(22)18(9-11)26-14-5-3-13(24)4-6-14;18-12-4-3-10(7-15(12)25-6-2-1-5-23)17(24)22-11-8-13(19)16(21)14(20)9-11/h5,8-12,15H,3-4,6-7H2,1-2H3,(H,27,29);2-3,5-6,9-11,14H,1,4,7-8H2,(H,24,27)(H,25,26);1-2,7-10,13-14,24H,3-6H2,(H,23,25);3-4,7-9,23H,1-2,5-6H2,(H,22,24). The molecule has 0 aromatic heterocycles. The molecular formula is C78H73Cl2F12N5O9S4. The fraction of sp³-hybridized carbons (Fsp3) is 0.308. The Morgan fingerprint density at radius 2 is 0.764 bits per heavy atom. The summed E-state index contributed by atoms with van der Waals surface area (Å²) in [6.07, 6.45) is 9.46. The number of unbranched alkanes of at least 4 members (excludes halogenated alkanes) is 1. The molecule has 3 aliphatic carbocycles. The van der Waals surface area contributed by atoms with Crippen molar-refractivity contribution in [2.75, 3.05) is 47.7 Å². The maximum Gasteiger partial charge on any atom is 0.303 e. The van der Waals surface area contributed by atoms with Crippen LogP contribution in [0, 0.1) is 81.6 Å². The SMILES string of the molecule is CN(C)C(=O)C1CCC(Sc2cc(C(=O)Nc3cc(F)c(F)c(F)c3)ccc2F)CC1.O=C(Nc1cc(F)c(F)c(F)c1)c1ccc(F)c(SCCCCO)c1.O=C(Nc1ccc(F)c(Cl)c1)c1ccc(F)c(SC2CCC(O)CC2)c1.O=C(O)CC1CCC(Sc2cc(C(=O)Nc3ccc(F)c(Cl)c3)ccc2F)C1. The topological polar surface area (TPSA) is 214 Å². The van der Waals surface area contributed by atoms with E-state index in [0.717, 1.165) is 69.6 Å². The van der Waals surface area contributed by atoms with Crippen molar-refractivity contribution in [3.63, 3.8) is 0 Å². The van der Waals surface area contributed by atoms with Crippen LogP contribution in [0.25, 0.3) is 0 Å². The second-order valence-electron chi connectivity index (χ2n) is 25.8. The molecule has 14 nitrogen and oxygen atoms in total. The zero-order valence-corrected chi connectivity index (χ0v) is 63.4. The smallest absolute Gasteiger partial charge is 0.303 e. The van der Waals surface area contributed by atoms with Crippen molar-refractivity contribution in [3.05, 3.63) is 236 Å². The van der Waals surface area contributed by atoms with E-state index in [1.165, 1.54) is 138 Å². The molecule has 110 heavy (non-hydrogen) atoms. The van der Waals surface area contributed by atoms with Gasteiger partial charge in [0.2, 0.25) is 5.91 Å². The number of aliphatic hydroxyl groups is 2. The molecule has 3 aliphatic rings. The lowest BCUT2D eigenvalue weighted by molar-refractivity contribution is -0.138. The summed E-state index contributed by atoms with van der Waals surface area (Å²) < 4.78 is 162. The van der Waals surface area contributed by atoms with Gasteiger partial charge in [0.25, 0.3) is 23.6 Å². The Kier molecular flexibility index (Phi) is 33.1. The minimum Gasteiger partial charge on any atom is -0.481 e. The van der Waals surface area contributed by atoms with Gasteiger partial charge in [0.1, 0.15) is 34.9 Å². The van der Waals surface area contributed by atoms with E-state index < -0.39 is 93.6 Å². The largest absolute Gasteiger partial charge is 0.481 e. The summed E-state index contributed by atoms with van der Waals surface area (Å²) in [4.78, 5) is 75.2. The first-order valence-corrected chi connectivity index (χ1v) is 38.7. The number of aliphatic carboxylic acids is 1. The summed E-state index contributed by atoms with van der Waals surface area (Å²) in [7, 11) is 3.45. The average molecular weight is 1650 g/mol. The van der Waals surface area contributed by atoms with Crippen LogP contribution in [0.15, 0.2) is 153 Å². The minimum absolute atomic E-state index is 0.0229. The average Bonchev–Trinajstić information content (AvgIpc) is 0.995. The first kappa shape index (κ1) is 87.2. The Bertz CT molecular complexity index is 4580. The fourth-order valence-corrected chi connectivity index (χ4v) is 16.8. The number of hydrogen-bond donors (Lipinski definition) is 7. The van der Waals surface area contributed by atoms with Crippen LogP contribution >= 0.6 is 70.2 Å². The number of aliphatic hydroxyl groups excluding tert-OH is 2. The van der Waals surface area contributed by atoms with Gasteiger partial charge in [0.15, 0.2) is 34.9 Å². The van der Waals surface area contributed by atoms with Crippen LogP contribution in [0.3, 0.4) is 0 Å². The van der Waals surface area contributed by atoms with Gasteiger partial charge in [-0.05, 0) is 204 Å². The molecule has 2 atom stereocenters. The van der Waals surface area contributed by atoms with Crippen LogP contribution in [0.4, 0.5) is 75.4 Å². The Labute approximate surface area is 652 Å². The molecule has 0 spiro atoms. The van der Waals surface area contributed by atoms with Crippen LogP contribution in [0.1, 0.15) is 131 Å². The number of carboxylic acid groups (broad SMARTS) is 1. The number of nitrogens with zero attached hydrogens (tertiary/aromatic N) is 1. The number of carbonyl (C=O) groups excluding carboxylic acids is 5. The van der Waals surface area contributed by atoms with Crippen molar-refractivity contribution >= 4 is 129 Å². The molecule has 3 fully saturated rings. The zero-order chi connectivity index (χ0) is 80.0. The number of halogens is 14. The molecule has 0 bridgehead atoms. The van der Waals surface area contributed by atoms with Gasteiger partial charge in [-0.1, -0.05) is 23.2 Å². The summed E-state index contributed by atoms with van der Waals surface area (Å²) in [5, 5.41) is 37.2. The molecule has 32 heteroatoms. The molecule has 586 valence electrons. The number of rotatable bonds is 22. The highest BCUT2D eigenvalue weighted by Crippen LogP contribution is 2.42. The number of carboxylic acids is 1. The van der Waals surface area contributed by atoms with Crippen LogP contribution < -0.4 is 21.3 Å². The zero-order valence-electron chi connectivity index (χ0n) is 58.6. The Hall–Kier alpha value is -8.36. The Morgan fingerprint density at radius 1 is 0.418 bits per heavy atom. The van der Waals surface area contributed by atoms with Crippen LogP contribution in [0.2, 0.25) is 10.0 Å². The van der Waals surface area contributed by atoms with Gasteiger partial charge in [-0.2, -0.15) is 0 Å². The third kappa shape index (κ3) is 26.1. The van der Waals surface area contributed by atoms with E-state index in [2.05, 4.69) is 21.3 Å². The lowest BCUT2D eigenvalue weighted by Crippen LogP contribution is -2.32. The number of anilines is 4. The van der Waals surface area contributed by atoms with E-state index >= 15 is 0 Å². The fourth-order valence-electron chi connectivity index (χ4n) is 11.6. The van der Waals surface area contributed by atoms with Crippen LogP contribution in [0.5, 0.6) is 0 Å². The third-order valence-corrected chi connectivity index (χ3v) is 23.1. The molecule has 3 saturated carbocycles. The van der Waals surface area contributed by atoms with Crippen molar-refractivity contribution in [2.24, 2.45) is 11.8 Å². The van der Waals surface area contributed by atoms with Gasteiger partial charge in [-0.3, -0.25) is 28.8 Å². The molecule has 8 aromatic rings. The molecule has 0 saturated heterocycles. The second-order valence-corrected chi connectivity index (χ2v) is 31.8. The van der Waals surface area contributed by atoms with E-state index in [-0.39, 0.29) is 106 Å². The summed E-state index contributed by atoms with van der Waals surface area (Å²) in [6, 6.07) is 26.2. The molecule has 2 unspecified atom stereocenters. The van der Waals surface area contributed by atoms with Crippen LogP contribution in [-0.2, 0) is 9.59 Å². The van der Waals surface area contributed by atoms with Crippen molar-refractivity contribution in [1.82, 2.24) is 4.90 Å². The quantitative estimate of drug-likeness (QED) is 0.0146. The lowest BCUT2D eigenvalue weighted by Gasteiger charge is -2.29. The molecule has 11 rings (SSSR count). The van der Waals surface area contributed by atoms with Gasteiger partial charge in [0.05, 0.1) is 16.1 Å². The molecular weight excluding hydrogens is 1580 g/mol. The maximum absolute atomic E-state index is 14.3. The lowest BCUT2D eigenvalue weighted by atomic mass is 9.88. The van der Waals surface area contributed by atoms with E-state index in [4.69, 9.17) is 33.4 Å². The number of benzene rings is 8. The van der Waals surface area contributed by atoms with Gasteiger partial charge < -0.3 is 41.5 Å². The highest BCUT2D eigenvalue weighted by atomic mass is 35.5. The van der Waals surface area contributed by atoms with Crippen molar-refractivity contribution < 1.29 is 96.8 Å². The molecule has 5 amide bonds. The predicted octanol–water partition coefficient (Wildman–Crippen LogP) is 20.5. The summed E-state index contributed by atoms with van der Waals surface area (Å²) >= 11 is 16.7. The van der Waals surface area contributed by atoms with Gasteiger partial charge in [-0.25, -0.2) is 52.7 Å². The van der Waals surface area contributed by atoms with E-state index in [0.29, 0.717) is 88.9 Å². The van der Waals surface area contributed by atoms with Gasteiger partial charge >= 0.3 is 5.97 Å². The monoisotopic (exact) mass is 1650 g/mol. The van der Waals surface area contributed by atoms with Crippen LogP contribution in [-0.4, -0.2) is 104 Å². The molecule has 0 aliphatic heterocycles. The first-order chi connectivity index (χ1) is 52.3. The van der Waals surface area contributed by atoms with Crippen molar-refractivity contribution in [1.29, 1.82) is 0 Å². The summed E-state index contributed by atoms with van der Waals surface area (Å²) in [6.45, 7) is 0.0519. The first-order valence-electron chi connectivity index (χ1n) is 34.3. The highest BCUT2D eigenvalue weighted by Gasteiger charge is 2.31. The highest BCUT2D eigenvalue weighted by molar-refractivity contribution is 8.00. The molecule has 8 aromatic carbocycles. The molecule has 0 radical (unpaired) electrons. The number of carbonyl (C=O) groups is 6. The number of hydrogen-bond acceptors (Lipinski definition) is 12. The normalized spacial score (nSPS) is 17.2. The van der Waals surface area contributed by atoms with Crippen molar-refractivity contribution in [2.45, 2.75) is 131 Å². The second kappa shape index (κ2) is 41.8. The van der Waals surface area contributed by atoms with Gasteiger partial charge in [0, 0.05) is 138 Å². The Balaban J connectivity index is 0.000000185. The Morgan fingerprint density at radius 3 is 1.14 bits per heavy atom. The van der Waals surface area contributed by atoms with Crippen molar-refractivity contribution in [3.8, 4) is 0 Å². The predicted molar refractivity (Wildman–Crippen MR) is 404 cm³/mol. The third-order valence-electron chi connectivity index (χ3n) is 17.4. The van der Waals surface area contributed by atoms with E-state index in [9.17, 15) is 86.6 Å². The van der Waals surface area contributed by atoms with Gasteiger partial charge in [-0.15, -0.1) is 47.0 Å². The summed E-state index contributed by atoms with van der Waals surface area (Å²) in [5.41, 5.74) is 0.978. The number of amides is 5. The van der Waals surface area contributed by atoms with E-state index in [1.807, 2.05) is 0 Å². The summed E-state index contributed by atoms with van der Waals surface area (Å²) in [5.74, 6) is -14.2. The number of nitrogens with one attached hydrogen (secondary N) is 4. The molecule has 0 heterocycles. The number of thioether (sulfide) groups is 4. The molecule has 7 N–H and O–H groups in total.